The van der Waals surface area contributed by atoms with E-state index in [1.54, 1.807) is 26.8 Å². The molecule has 142 valence electrons. The highest BCUT2D eigenvalue weighted by Crippen LogP contribution is 2.22. The molecule has 0 aromatic heterocycles. The predicted octanol–water partition coefficient (Wildman–Crippen LogP) is 4.75. The summed E-state index contributed by atoms with van der Waals surface area (Å²) in [4.78, 5) is 24.3. The van der Waals surface area contributed by atoms with Crippen molar-refractivity contribution in [2.75, 3.05) is 13.2 Å². The van der Waals surface area contributed by atoms with Gasteiger partial charge in [0, 0.05) is 0 Å². The average molecular weight is 366 g/mol. The van der Waals surface area contributed by atoms with Gasteiger partial charge in [0.05, 0.1) is 25.0 Å². The molecule has 0 amide bonds. The van der Waals surface area contributed by atoms with Crippen molar-refractivity contribution in [2.45, 2.75) is 20.8 Å². The topological polar surface area (TPSA) is 52.6 Å². The van der Waals surface area contributed by atoms with Crippen LogP contribution in [0.5, 0.6) is 0 Å². The van der Waals surface area contributed by atoms with E-state index >= 15 is 0 Å². The maximum absolute atomic E-state index is 12.3. The Labute approximate surface area is 160 Å². The van der Waals surface area contributed by atoms with Crippen LogP contribution in [0.25, 0.3) is 17.2 Å². The van der Waals surface area contributed by atoms with Crippen molar-refractivity contribution >= 4 is 18.0 Å². The van der Waals surface area contributed by atoms with Crippen molar-refractivity contribution in [3.8, 4) is 11.1 Å². The highest BCUT2D eigenvalue weighted by Gasteiger charge is 2.30. The van der Waals surface area contributed by atoms with Crippen LogP contribution in [0.3, 0.4) is 0 Å². The van der Waals surface area contributed by atoms with Gasteiger partial charge in [0.1, 0.15) is 0 Å². The number of ether oxygens (including phenoxy) is 2. The second-order valence-electron chi connectivity index (χ2n) is 6.17. The maximum atomic E-state index is 12.3. The van der Waals surface area contributed by atoms with Gasteiger partial charge < -0.3 is 9.47 Å². The maximum Gasteiger partial charge on any atom is 0.313 e. The molecule has 4 nitrogen and oxygen atoms in total. The van der Waals surface area contributed by atoms with Gasteiger partial charge in [-0.3, -0.25) is 9.59 Å². The lowest BCUT2D eigenvalue weighted by Crippen LogP contribution is -2.29. The smallest absolute Gasteiger partial charge is 0.313 e. The normalized spacial score (nSPS) is 13.1. The van der Waals surface area contributed by atoms with Crippen LogP contribution in [0.15, 0.2) is 60.7 Å². The molecule has 27 heavy (non-hydrogen) atoms. The second-order valence-corrected chi connectivity index (χ2v) is 6.17. The second kappa shape index (κ2) is 10.3. The third-order valence-corrected chi connectivity index (χ3v) is 4.27. The fourth-order valence-corrected chi connectivity index (χ4v) is 2.74. The van der Waals surface area contributed by atoms with Gasteiger partial charge in [-0.25, -0.2) is 0 Å². The molecule has 0 N–H and O–H groups in total. The van der Waals surface area contributed by atoms with E-state index in [1.165, 1.54) is 0 Å². The van der Waals surface area contributed by atoms with Crippen molar-refractivity contribution in [3.05, 3.63) is 66.2 Å². The molecule has 0 aliphatic rings. The summed E-state index contributed by atoms with van der Waals surface area (Å²) < 4.78 is 10.2. The number of carbonyl (C=O) groups is 2. The highest BCUT2D eigenvalue weighted by molar-refractivity contribution is 5.84. The van der Waals surface area contributed by atoms with Gasteiger partial charge >= 0.3 is 11.9 Å². The van der Waals surface area contributed by atoms with E-state index in [2.05, 4.69) is 12.1 Å². The summed E-state index contributed by atoms with van der Waals surface area (Å²) in [5.74, 6) is -2.11. The third kappa shape index (κ3) is 5.81. The van der Waals surface area contributed by atoms with Gasteiger partial charge in [-0.2, -0.15) is 0 Å². The number of esters is 2. The van der Waals surface area contributed by atoms with Crippen molar-refractivity contribution in [1.29, 1.82) is 0 Å². The number of benzene rings is 2. The van der Waals surface area contributed by atoms with E-state index in [9.17, 15) is 9.59 Å². The van der Waals surface area contributed by atoms with Gasteiger partial charge in [-0.05, 0) is 30.5 Å². The van der Waals surface area contributed by atoms with E-state index in [-0.39, 0.29) is 13.2 Å². The summed E-state index contributed by atoms with van der Waals surface area (Å²) >= 11 is 0. The Bertz CT molecular complexity index is 763. The Morgan fingerprint density at radius 2 is 1.41 bits per heavy atom. The largest absolute Gasteiger partial charge is 0.466 e. The Kier molecular flexibility index (Phi) is 7.80. The molecule has 4 heteroatoms. The lowest BCUT2D eigenvalue weighted by Gasteiger charge is -2.18. The summed E-state index contributed by atoms with van der Waals surface area (Å²) in [7, 11) is 0. The first-order chi connectivity index (χ1) is 13.1. The molecule has 0 saturated heterocycles. The molecule has 0 heterocycles. The summed E-state index contributed by atoms with van der Waals surface area (Å²) in [6.45, 7) is 5.72. The van der Waals surface area contributed by atoms with Crippen molar-refractivity contribution in [2.24, 2.45) is 11.8 Å². The fourth-order valence-electron chi connectivity index (χ4n) is 2.74. The molecule has 2 rings (SSSR count). The van der Waals surface area contributed by atoms with Crippen LogP contribution in [-0.4, -0.2) is 25.2 Å². The lowest BCUT2D eigenvalue weighted by molar-refractivity contribution is -0.157. The van der Waals surface area contributed by atoms with Crippen LogP contribution in [-0.2, 0) is 19.1 Å². The minimum atomic E-state index is -0.683. The zero-order valence-electron chi connectivity index (χ0n) is 16.1. The molecule has 0 fully saturated rings. The molecule has 2 aromatic carbocycles. The number of carbonyl (C=O) groups excluding carboxylic acids is 2. The monoisotopic (exact) mass is 366 g/mol. The van der Waals surface area contributed by atoms with Crippen LogP contribution in [0.1, 0.15) is 26.3 Å². The Morgan fingerprint density at radius 1 is 0.852 bits per heavy atom. The minimum Gasteiger partial charge on any atom is -0.466 e. The van der Waals surface area contributed by atoms with Gasteiger partial charge in [0.25, 0.3) is 0 Å². The van der Waals surface area contributed by atoms with Crippen LogP contribution >= 0.6 is 0 Å². The van der Waals surface area contributed by atoms with Crippen LogP contribution in [0, 0.1) is 11.8 Å². The van der Waals surface area contributed by atoms with Gasteiger partial charge in [-0.1, -0.05) is 73.7 Å². The van der Waals surface area contributed by atoms with Gasteiger partial charge in [-0.15, -0.1) is 0 Å². The predicted molar refractivity (Wildman–Crippen MR) is 107 cm³/mol. The highest BCUT2D eigenvalue weighted by atomic mass is 16.5. The molecule has 0 aliphatic carbocycles. The molecule has 0 bridgehead atoms. The standard InChI is InChI=1S/C23H26O4/c1-4-26-22(24)17(3)21(23(25)27-5-2)16-13-18-11-14-20(15-12-18)19-9-7-6-8-10-19/h6-17,21H,4-5H2,1-3H3. The fraction of sp³-hybridized carbons (Fsp3) is 0.304. The van der Waals surface area contributed by atoms with Crippen LogP contribution < -0.4 is 0 Å². The molecule has 0 aliphatic heterocycles. The van der Waals surface area contributed by atoms with Crippen LogP contribution in [0.2, 0.25) is 0 Å². The lowest BCUT2D eigenvalue weighted by atomic mass is 9.92. The Hall–Kier alpha value is -2.88. The first-order valence-corrected chi connectivity index (χ1v) is 9.23. The van der Waals surface area contributed by atoms with Crippen molar-refractivity contribution in [1.82, 2.24) is 0 Å². The Balaban J connectivity index is 2.17. The molecular weight excluding hydrogens is 340 g/mol. The number of hydrogen-bond donors (Lipinski definition) is 0. The van der Waals surface area contributed by atoms with E-state index in [0.29, 0.717) is 0 Å². The van der Waals surface area contributed by atoms with E-state index < -0.39 is 23.8 Å². The van der Waals surface area contributed by atoms with Gasteiger partial charge in [0.2, 0.25) is 0 Å². The van der Waals surface area contributed by atoms with E-state index in [4.69, 9.17) is 9.47 Å². The summed E-state index contributed by atoms with van der Waals surface area (Å²) in [6, 6.07) is 18.1. The van der Waals surface area contributed by atoms with E-state index in [0.717, 1.165) is 16.7 Å². The average Bonchev–Trinajstić information content (AvgIpc) is 2.69. The zero-order valence-corrected chi connectivity index (χ0v) is 16.1. The first-order valence-electron chi connectivity index (χ1n) is 9.23. The molecule has 2 unspecified atom stereocenters. The third-order valence-electron chi connectivity index (χ3n) is 4.27. The minimum absolute atomic E-state index is 0.268. The quantitative estimate of drug-likeness (QED) is 0.633. The van der Waals surface area contributed by atoms with Gasteiger partial charge in [0.15, 0.2) is 0 Å². The number of rotatable bonds is 8. The molecule has 0 radical (unpaired) electrons. The molecule has 0 spiro atoms. The van der Waals surface area contributed by atoms with E-state index in [1.807, 2.05) is 48.5 Å². The number of hydrogen-bond acceptors (Lipinski definition) is 4. The van der Waals surface area contributed by atoms with Crippen LogP contribution in [0.4, 0.5) is 0 Å². The SMILES string of the molecule is CCOC(=O)C(C)C(C=Cc1ccc(-c2ccccc2)cc1)C(=O)OCC. The summed E-state index contributed by atoms with van der Waals surface area (Å²) in [5, 5.41) is 0. The molecule has 2 atom stereocenters. The summed E-state index contributed by atoms with van der Waals surface area (Å²) in [5.41, 5.74) is 3.21. The summed E-state index contributed by atoms with van der Waals surface area (Å²) in [6.07, 6.45) is 3.56. The van der Waals surface area contributed by atoms with Crippen molar-refractivity contribution in [3.63, 3.8) is 0 Å². The molecule has 0 saturated carbocycles. The molecule has 2 aromatic rings. The zero-order chi connectivity index (χ0) is 19.6. The first kappa shape index (κ1) is 20.4. The Morgan fingerprint density at radius 3 is 2.00 bits per heavy atom. The van der Waals surface area contributed by atoms with Crippen molar-refractivity contribution < 1.29 is 19.1 Å². The molecular formula is C23H26O4.